The van der Waals surface area contributed by atoms with Crippen molar-refractivity contribution < 1.29 is 4.79 Å². The van der Waals surface area contributed by atoms with E-state index in [0.29, 0.717) is 6.54 Å². The summed E-state index contributed by atoms with van der Waals surface area (Å²) in [4.78, 5) is 13.5. The van der Waals surface area contributed by atoms with Gasteiger partial charge in [-0.2, -0.15) is 0 Å². The molecule has 2 rings (SSSR count). The monoisotopic (exact) mass is 268 g/mol. The zero-order valence-electron chi connectivity index (χ0n) is 8.59. The van der Waals surface area contributed by atoms with Crippen LogP contribution in [0.25, 0.3) is 0 Å². The second kappa shape index (κ2) is 4.33. The summed E-state index contributed by atoms with van der Waals surface area (Å²) in [5.41, 5.74) is 2.15. The fourth-order valence-electron chi connectivity index (χ4n) is 1.63. The molecule has 1 fully saturated rings. The molecule has 1 aromatic carbocycles. The van der Waals surface area contributed by atoms with Crippen molar-refractivity contribution in [3.05, 3.63) is 28.2 Å². The van der Waals surface area contributed by atoms with Crippen LogP contribution in [-0.4, -0.2) is 25.5 Å². The maximum absolute atomic E-state index is 11.6. The van der Waals surface area contributed by atoms with E-state index in [1.807, 2.05) is 30.0 Å². The molecule has 0 spiro atoms. The van der Waals surface area contributed by atoms with Gasteiger partial charge in [-0.1, -0.05) is 22.0 Å². The largest absolute Gasteiger partial charge is 0.310 e. The van der Waals surface area contributed by atoms with E-state index in [1.165, 1.54) is 5.56 Å². The summed E-state index contributed by atoms with van der Waals surface area (Å²) in [5, 5.41) is 3.06. The van der Waals surface area contributed by atoms with E-state index in [9.17, 15) is 4.79 Å². The maximum atomic E-state index is 11.6. The molecule has 1 aliphatic heterocycles. The predicted molar refractivity (Wildman–Crippen MR) is 64.1 cm³/mol. The highest BCUT2D eigenvalue weighted by atomic mass is 79.9. The first-order valence-corrected chi connectivity index (χ1v) is 5.75. The third kappa shape index (κ3) is 2.21. The third-order valence-corrected chi connectivity index (χ3v) is 3.41. The van der Waals surface area contributed by atoms with Gasteiger partial charge in [-0.05, 0) is 24.6 Å². The number of rotatable bonds is 1. The molecule has 80 valence electrons. The number of carbonyl (C=O) groups is 1. The number of nitrogens with one attached hydrogen (secondary N) is 1. The van der Waals surface area contributed by atoms with Gasteiger partial charge in [-0.25, -0.2) is 0 Å². The van der Waals surface area contributed by atoms with Crippen molar-refractivity contribution in [1.82, 2.24) is 5.32 Å². The lowest BCUT2D eigenvalue weighted by Gasteiger charge is -2.27. The van der Waals surface area contributed by atoms with Crippen molar-refractivity contribution in [2.75, 3.05) is 24.5 Å². The van der Waals surface area contributed by atoms with Crippen LogP contribution in [0.4, 0.5) is 5.69 Å². The smallest absolute Gasteiger partial charge is 0.240 e. The van der Waals surface area contributed by atoms with Gasteiger partial charge in [0.15, 0.2) is 0 Å². The fourth-order valence-corrected chi connectivity index (χ4v) is 2.00. The van der Waals surface area contributed by atoms with E-state index < -0.39 is 0 Å². The zero-order chi connectivity index (χ0) is 10.8. The molecular weight excluding hydrogens is 256 g/mol. The molecule has 0 radical (unpaired) electrons. The highest BCUT2D eigenvalue weighted by Crippen LogP contribution is 2.23. The molecule has 4 heteroatoms. The molecule has 1 N–H and O–H groups in total. The summed E-state index contributed by atoms with van der Waals surface area (Å²) in [6.45, 7) is 4.07. The Kier molecular flexibility index (Phi) is 3.07. The molecule has 1 amide bonds. The summed E-state index contributed by atoms with van der Waals surface area (Å²) in [6, 6.07) is 6.01. The van der Waals surface area contributed by atoms with Gasteiger partial charge in [0.2, 0.25) is 5.91 Å². The van der Waals surface area contributed by atoms with Crippen LogP contribution in [0, 0.1) is 6.92 Å². The Bertz CT molecular complexity index is 392. The first-order valence-electron chi connectivity index (χ1n) is 4.96. The van der Waals surface area contributed by atoms with Gasteiger partial charge in [0.05, 0.1) is 6.54 Å². The Hall–Kier alpha value is -0.870. The lowest BCUT2D eigenvalue weighted by molar-refractivity contribution is -0.118. The molecule has 3 nitrogen and oxygen atoms in total. The molecule has 0 unspecified atom stereocenters. The third-order valence-electron chi connectivity index (χ3n) is 2.56. The van der Waals surface area contributed by atoms with Crippen molar-refractivity contribution in [1.29, 1.82) is 0 Å². The minimum atomic E-state index is 0.136. The van der Waals surface area contributed by atoms with E-state index in [-0.39, 0.29) is 5.91 Å². The standard InChI is InChI=1S/C11H13BrN2O/c1-8-2-3-9(6-10(8)12)14-5-4-13-7-11(14)15/h2-3,6,13H,4-5,7H2,1H3. The van der Waals surface area contributed by atoms with Crippen LogP contribution in [0.2, 0.25) is 0 Å². The summed E-state index contributed by atoms with van der Waals surface area (Å²) in [5.74, 6) is 0.136. The van der Waals surface area contributed by atoms with E-state index in [4.69, 9.17) is 0 Å². The topological polar surface area (TPSA) is 32.3 Å². The van der Waals surface area contributed by atoms with Crippen molar-refractivity contribution in [2.24, 2.45) is 0 Å². The van der Waals surface area contributed by atoms with Crippen LogP contribution in [-0.2, 0) is 4.79 Å². The van der Waals surface area contributed by atoms with Crippen molar-refractivity contribution >= 4 is 27.5 Å². The zero-order valence-corrected chi connectivity index (χ0v) is 10.2. The maximum Gasteiger partial charge on any atom is 0.240 e. The van der Waals surface area contributed by atoms with E-state index >= 15 is 0 Å². The summed E-state index contributed by atoms with van der Waals surface area (Å²) in [6.07, 6.45) is 0. The first kappa shape index (κ1) is 10.6. The van der Waals surface area contributed by atoms with Crippen LogP contribution in [0.3, 0.4) is 0 Å². The summed E-state index contributed by atoms with van der Waals surface area (Å²) >= 11 is 3.48. The van der Waals surface area contributed by atoms with Crippen molar-refractivity contribution in [3.63, 3.8) is 0 Å². The predicted octanol–water partition coefficient (Wildman–Crippen LogP) is 1.69. The van der Waals surface area contributed by atoms with Crippen LogP contribution in [0.15, 0.2) is 22.7 Å². The van der Waals surface area contributed by atoms with Crippen LogP contribution >= 0.6 is 15.9 Å². The highest BCUT2D eigenvalue weighted by molar-refractivity contribution is 9.10. The van der Waals surface area contributed by atoms with Gasteiger partial charge >= 0.3 is 0 Å². The Morgan fingerprint density at radius 1 is 1.47 bits per heavy atom. The number of aryl methyl sites for hydroxylation is 1. The summed E-state index contributed by atoms with van der Waals surface area (Å²) < 4.78 is 1.05. The average Bonchev–Trinajstić information content (AvgIpc) is 2.23. The Morgan fingerprint density at radius 3 is 2.93 bits per heavy atom. The van der Waals surface area contributed by atoms with E-state index in [0.717, 1.165) is 23.2 Å². The number of anilines is 1. The molecule has 0 atom stereocenters. The van der Waals surface area contributed by atoms with Gasteiger partial charge in [-0.15, -0.1) is 0 Å². The molecular formula is C11H13BrN2O. The normalized spacial score (nSPS) is 16.9. The van der Waals surface area contributed by atoms with E-state index in [1.54, 1.807) is 0 Å². The van der Waals surface area contributed by atoms with Crippen LogP contribution < -0.4 is 10.2 Å². The number of carbonyl (C=O) groups excluding carboxylic acids is 1. The van der Waals surface area contributed by atoms with E-state index in [2.05, 4.69) is 21.2 Å². The molecule has 0 aromatic heterocycles. The lowest BCUT2D eigenvalue weighted by atomic mass is 10.2. The highest BCUT2D eigenvalue weighted by Gasteiger charge is 2.19. The lowest BCUT2D eigenvalue weighted by Crippen LogP contribution is -2.48. The fraction of sp³-hybridized carbons (Fsp3) is 0.364. The Labute approximate surface area is 97.6 Å². The molecule has 0 saturated carbocycles. The molecule has 1 aromatic rings. The number of hydrogen-bond donors (Lipinski definition) is 1. The molecule has 0 bridgehead atoms. The number of hydrogen-bond acceptors (Lipinski definition) is 2. The molecule has 0 aliphatic carbocycles. The molecule has 1 aliphatic rings. The quantitative estimate of drug-likeness (QED) is 0.841. The van der Waals surface area contributed by atoms with Gasteiger partial charge in [0.25, 0.3) is 0 Å². The van der Waals surface area contributed by atoms with Crippen molar-refractivity contribution in [2.45, 2.75) is 6.92 Å². The van der Waals surface area contributed by atoms with Gasteiger partial charge in [-0.3, -0.25) is 4.79 Å². The number of piperazine rings is 1. The summed E-state index contributed by atoms with van der Waals surface area (Å²) in [7, 11) is 0. The average molecular weight is 269 g/mol. The van der Waals surface area contributed by atoms with Crippen molar-refractivity contribution in [3.8, 4) is 0 Å². The molecule has 1 saturated heterocycles. The second-order valence-corrected chi connectivity index (χ2v) is 4.51. The molecule has 1 heterocycles. The minimum Gasteiger partial charge on any atom is -0.310 e. The Balaban J connectivity index is 2.28. The number of benzene rings is 1. The number of halogens is 1. The molecule has 15 heavy (non-hydrogen) atoms. The van der Waals surface area contributed by atoms with Crippen LogP contribution in [0.5, 0.6) is 0 Å². The first-order chi connectivity index (χ1) is 7.18. The van der Waals surface area contributed by atoms with Gasteiger partial charge in [0.1, 0.15) is 0 Å². The number of nitrogens with zero attached hydrogens (tertiary/aromatic N) is 1. The Morgan fingerprint density at radius 2 is 2.27 bits per heavy atom. The van der Waals surface area contributed by atoms with Gasteiger partial charge < -0.3 is 10.2 Å². The van der Waals surface area contributed by atoms with Gasteiger partial charge in [0, 0.05) is 23.2 Å². The minimum absolute atomic E-state index is 0.136. The van der Waals surface area contributed by atoms with Crippen LogP contribution in [0.1, 0.15) is 5.56 Å². The second-order valence-electron chi connectivity index (χ2n) is 3.66. The number of amides is 1. The SMILES string of the molecule is Cc1ccc(N2CCNCC2=O)cc1Br.